The summed E-state index contributed by atoms with van der Waals surface area (Å²) in [5, 5.41) is 5.50. The van der Waals surface area contributed by atoms with Gasteiger partial charge in [-0.3, -0.25) is 34.3 Å². The van der Waals surface area contributed by atoms with E-state index < -0.39 is 0 Å². The van der Waals surface area contributed by atoms with E-state index >= 15 is 0 Å². The summed E-state index contributed by atoms with van der Waals surface area (Å²) < 4.78 is 0. The highest BCUT2D eigenvalue weighted by Crippen LogP contribution is 2.27. The highest BCUT2D eigenvalue weighted by atomic mass is 16.2. The number of aliphatic imine (C=N–C) groups is 3. The Hall–Kier alpha value is -6.09. The van der Waals surface area contributed by atoms with E-state index in [0.29, 0.717) is 31.6 Å². The van der Waals surface area contributed by atoms with Crippen molar-refractivity contribution in [1.29, 1.82) is 0 Å². The molecule has 3 aromatic carbocycles. The molecule has 0 saturated heterocycles. The van der Waals surface area contributed by atoms with Crippen LogP contribution in [0.2, 0.25) is 0 Å². The van der Waals surface area contributed by atoms with Crippen LogP contribution in [-0.2, 0) is 41.9 Å². The van der Waals surface area contributed by atoms with E-state index in [2.05, 4.69) is 42.9 Å². The minimum Gasteiger partial charge on any atom is -0.348 e. The van der Waals surface area contributed by atoms with Crippen molar-refractivity contribution in [3.8, 4) is 0 Å². The first kappa shape index (κ1) is 38.2. The summed E-state index contributed by atoms with van der Waals surface area (Å²) in [6.45, 7) is 3.42. The number of anilines is 1. The molecule has 0 atom stereocenters. The highest BCUT2D eigenvalue weighted by Gasteiger charge is 2.19. The smallest absolute Gasteiger partial charge is 0.251 e. The van der Waals surface area contributed by atoms with Gasteiger partial charge in [-0.2, -0.15) is 0 Å². The molecule has 3 aliphatic carbocycles. The van der Waals surface area contributed by atoms with Crippen LogP contribution < -0.4 is 10.6 Å². The van der Waals surface area contributed by atoms with Crippen LogP contribution in [0, 0.1) is 0 Å². The molecule has 1 aromatic heterocycles. The SMILES string of the molecule is C1=C2CCCC2=NC1.C1=NCC2=C1CCCC2.C1=NCc2ncccc21.O=C1Cc2ccccc2C1.O=C1Cc2ccccc2N1.O=C1NCc2ccccc21. The predicted octanol–water partition coefficient (Wildman–Crippen LogP) is 7.97. The van der Waals surface area contributed by atoms with Crippen LogP contribution in [0.4, 0.5) is 5.69 Å². The summed E-state index contributed by atoms with van der Waals surface area (Å²) in [7, 11) is 0. The molecule has 8 aliphatic rings. The molecule has 6 heterocycles. The molecule has 2 N–H and O–H groups in total. The standard InChI is InChI=1S/C9H8O.2C8H7NO.C8H11N.C7H6N2.C7H9N/c10-9-5-7-3-1-2-4-8(7)6-9;10-8-7-4-2-1-3-6(7)5-9-8;10-8-5-6-3-1-2-4-7(6)9-8;1-2-4-8-6-9-5-7(8)3-1;1-2-6-4-8-5-7(6)9-3-1;1-2-6-4-5-8-7(6)3-1/h1-4H,5-6H2;2*1-4H,5H2,(H,9,10);5H,1-4,6H2;1-4H,5H2;4H,1-3,5H2. The second-order valence-corrected chi connectivity index (χ2v) is 14.6. The number of Topliss-reactive ketones (excluding diaryl/α,β-unsaturated/α-hetero) is 1. The lowest BCUT2D eigenvalue weighted by Crippen LogP contribution is -2.12. The number of hydrogen-bond acceptors (Lipinski definition) is 7. The molecule has 56 heavy (non-hydrogen) atoms. The fourth-order valence-corrected chi connectivity index (χ4v) is 7.66. The summed E-state index contributed by atoms with van der Waals surface area (Å²) in [5.74, 6) is 0.498. The maximum atomic E-state index is 11.0. The third kappa shape index (κ3) is 10.2. The summed E-state index contributed by atoms with van der Waals surface area (Å²) in [6.07, 6.45) is 19.1. The second-order valence-electron chi connectivity index (χ2n) is 14.6. The van der Waals surface area contributed by atoms with Gasteiger partial charge < -0.3 is 10.6 Å². The van der Waals surface area contributed by atoms with Crippen molar-refractivity contribution in [3.05, 3.63) is 153 Å². The maximum absolute atomic E-state index is 11.0. The first-order chi connectivity index (χ1) is 27.5. The van der Waals surface area contributed by atoms with Gasteiger partial charge in [0.2, 0.25) is 5.91 Å². The summed E-state index contributed by atoms with van der Waals surface area (Å²) >= 11 is 0. The average Bonchev–Trinajstić information content (AvgIpc) is 4.08. The van der Waals surface area contributed by atoms with Gasteiger partial charge in [0.15, 0.2) is 0 Å². The Bertz CT molecular complexity index is 2120. The Morgan fingerprint density at radius 2 is 1.36 bits per heavy atom. The normalized spacial score (nSPS) is 17.8. The third-order valence-corrected chi connectivity index (χ3v) is 10.6. The molecule has 1 fully saturated rings. The van der Waals surface area contributed by atoms with Crippen molar-refractivity contribution < 1.29 is 14.4 Å². The van der Waals surface area contributed by atoms with Crippen LogP contribution in [0.3, 0.4) is 0 Å². The van der Waals surface area contributed by atoms with Gasteiger partial charge in [0, 0.05) is 60.5 Å². The number of benzene rings is 3. The van der Waals surface area contributed by atoms with Gasteiger partial charge in [0.05, 0.1) is 31.7 Å². The average molecular weight is 745 g/mol. The van der Waals surface area contributed by atoms with Crippen LogP contribution in [0.15, 0.2) is 129 Å². The summed E-state index contributed by atoms with van der Waals surface area (Å²) in [4.78, 5) is 49.4. The van der Waals surface area contributed by atoms with Crippen molar-refractivity contribution >= 4 is 41.4 Å². The molecule has 1 saturated carbocycles. The van der Waals surface area contributed by atoms with Crippen LogP contribution in [0.5, 0.6) is 0 Å². The number of para-hydroxylation sites is 1. The van der Waals surface area contributed by atoms with E-state index in [1.165, 1.54) is 67.4 Å². The van der Waals surface area contributed by atoms with E-state index in [-0.39, 0.29) is 11.8 Å². The summed E-state index contributed by atoms with van der Waals surface area (Å²) in [5.41, 5.74) is 14.8. The lowest BCUT2D eigenvalue weighted by atomic mass is 9.94. The van der Waals surface area contributed by atoms with E-state index in [1.807, 2.05) is 91.1 Å². The van der Waals surface area contributed by atoms with Gasteiger partial charge in [-0.25, -0.2) is 0 Å². The van der Waals surface area contributed by atoms with E-state index in [4.69, 9.17) is 0 Å². The number of rotatable bonds is 0. The number of allylic oxidation sites excluding steroid dienone is 2. The molecule has 0 unspecified atom stereocenters. The Balaban J connectivity index is 0.000000103. The van der Waals surface area contributed by atoms with E-state index in [0.717, 1.165) is 53.3 Å². The Labute approximate surface area is 328 Å². The number of ketones is 1. The number of aromatic nitrogens is 1. The van der Waals surface area contributed by atoms with Gasteiger partial charge in [0.25, 0.3) is 5.91 Å². The van der Waals surface area contributed by atoms with Gasteiger partial charge in [-0.1, -0.05) is 72.8 Å². The number of carbonyl (C=O) groups is 3. The lowest BCUT2D eigenvalue weighted by molar-refractivity contribution is -0.117. The van der Waals surface area contributed by atoms with E-state index in [9.17, 15) is 14.4 Å². The predicted molar refractivity (Wildman–Crippen MR) is 224 cm³/mol. The number of pyridine rings is 1. The molecule has 0 spiro atoms. The number of amides is 2. The maximum Gasteiger partial charge on any atom is 0.251 e. The van der Waals surface area contributed by atoms with Crippen molar-refractivity contribution in [1.82, 2.24) is 10.3 Å². The van der Waals surface area contributed by atoms with Crippen molar-refractivity contribution in [2.24, 2.45) is 15.0 Å². The zero-order valence-electron chi connectivity index (χ0n) is 31.8. The van der Waals surface area contributed by atoms with Gasteiger partial charge in [-0.05, 0) is 102 Å². The van der Waals surface area contributed by atoms with Crippen LogP contribution in [-0.4, -0.2) is 53.8 Å². The third-order valence-electron chi connectivity index (χ3n) is 10.6. The molecular weight excluding hydrogens is 697 g/mol. The fourth-order valence-electron chi connectivity index (χ4n) is 7.66. The lowest BCUT2D eigenvalue weighted by Gasteiger charge is -2.10. The molecule has 9 nitrogen and oxygen atoms in total. The van der Waals surface area contributed by atoms with Crippen LogP contribution in [0.1, 0.15) is 88.8 Å². The highest BCUT2D eigenvalue weighted by molar-refractivity contribution is 6.03. The Morgan fingerprint density at radius 3 is 2.11 bits per heavy atom. The minimum absolute atomic E-state index is 0.0515. The number of fused-ring (bicyclic) bond motifs is 5. The first-order valence-corrected chi connectivity index (χ1v) is 19.7. The first-order valence-electron chi connectivity index (χ1n) is 19.7. The summed E-state index contributed by atoms with van der Waals surface area (Å²) in [6, 6.07) is 27.4. The quantitative estimate of drug-likeness (QED) is 0.190. The number of carbonyl (C=O) groups excluding carboxylic acids is 3. The van der Waals surface area contributed by atoms with Crippen LogP contribution >= 0.6 is 0 Å². The largest absolute Gasteiger partial charge is 0.348 e. The molecule has 4 aromatic rings. The fraction of sp³-hybridized carbons (Fsp3) is 0.298. The number of hydrogen-bond donors (Lipinski definition) is 2. The Kier molecular flexibility index (Phi) is 12.9. The van der Waals surface area contributed by atoms with E-state index in [1.54, 1.807) is 17.3 Å². The molecular formula is C47H48N6O3. The van der Waals surface area contributed by atoms with Gasteiger partial charge in [-0.15, -0.1) is 0 Å². The van der Waals surface area contributed by atoms with Crippen molar-refractivity contribution in [2.45, 2.75) is 77.3 Å². The zero-order chi connectivity index (χ0) is 38.5. The van der Waals surface area contributed by atoms with Crippen molar-refractivity contribution in [2.75, 3.05) is 18.4 Å². The second kappa shape index (κ2) is 19.0. The molecule has 284 valence electrons. The Morgan fingerprint density at radius 1 is 0.625 bits per heavy atom. The van der Waals surface area contributed by atoms with Gasteiger partial charge >= 0.3 is 0 Å². The minimum atomic E-state index is 0.0515. The molecule has 9 heteroatoms. The van der Waals surface area contributed by atoms with Crippen LogP contribution in [0.25, 0.3) is 0 Å². The monoisotopic (exact) mass is 744 g/mol. The molecule has 0 bridgehead atoms. The topological polar surface area (TPSA) is 125 Å². The molecule has 2 amide bonds. The molecule has 0 radical (unpaired) electrons. The zero-order valence-corrected chi connectivity index (χ0v) is 31.8. The number of nitrogens with one attached hydrogen (secondary N) is 2. The molecule has 5 aliphatic heterocycles. The molecule has 12 rings (SSSR count). The number of nitrogens with zero attached hydrogens (tertiary/aromatic N) is 4. The van der Waals surface area contributed by atoms with Gasteiger partial charge in [0.1, 0.15) is 5.78 Å². The van der Waals surface area contributed by atoms with Crippen molar-refractivity contribution in [3.63, 3.8) is 0 Å².